The molecule has 1 heterocycles. The quantitative estimate of drug-likeness (QED) is 0.624. The third kappa shape index (κ3) is 4.39. The fourth-order valence-electron chi connectivity index (χ4n) is 4.09. The molecule has 4 rings (SSSR count). The highest BCUT2D eigenvalue weighted by atomic mass is 16.5. The van der Waals surface area contributed by atoms with Gasteiger partial charge in [0.15, 0.2) is 0 Å². The Morgan fingerprint density at radius 3 is 2.19 bits per heavy atom. The number of amides is 2. The number of benzene rings is 2. The van der Waals surface area contributed by atoms with E-state index in [1.54, 1.807) is 0 Å². The van der Waals surface area contributed by atoms with Gasteiger partial charge in [-0.2, -0.15) is 0 Å². The minimum atomic E-state index is -1.07. The van der Waals surface area contributed by atoms with Gasteiger partial charge in [0.25, 0.3) is 0 Å². The summed E-state index contributed by atoms with van der Waals surface area (Å²) in [7, 11) is 0. The molecule has 2 aliphatic rings. The molecule has 8 heteroatoms. The first-order chi connectivity index (χ1) is 14.9. The lowest BCUT2D eigenvalue weighted by Crippen LogP contribution is -2.53. The molecule has 1 atom stereocenters. The van der Waals surface area contributed by atoms with Crippen molar-refractivity contribution in [2.75, 3.05) is 26.2 Å². The summed E-state index contributed by atoms with van der Waals surface area (Å²) in [4.78, 5) is 36.3. The number of hydrogen-bond donors (Lipinski definition) is 3. The van der Waals surface area contributed by atoms with Crippen LogP contribution in [0.5, 0.6) is 0 Å². The predicted molar refractivity (Wildman–Crippen MR) is 111 cm³/mol. The number of aliphatic hydroxyl groups is 1. The lowest BCUT2D eigenvalue weighted by molar-refractivity contribution is -0.153. The number of likely N-dealkylation sites (tertiary alicyclic amines) is 1. The summed E-state index contributed by atoms with van der Waals surface area (Å²) in [6.07, 6.45) is -1.92. The van der Waals surface area contributed by atoms with Crippen LogP contribution in [0.3, 0.4) is 0 Å². The standard InChI is InChI=1S/C23H24N2O6/c26-15(9-21(27)25-11-14(12-25)22(28)29)10-24-23(30)31-13-20-18-7-3-1-5-16(18)17-6-2-4-8-19(17)20/h1-8,14-15,20,26H,9-13H2,(H,24,30)(H,28,29). The normalized spacial score (nSPS) is 16.1. The van der Waals surface area contributed by atoms with Crippen molar-refractivity contribution in [1.29, 1.82) is 0 Å². The van der Waals surface area contributed by atoms with E-state index in [2.05, 4.69) is 17.4 Å². The average Bonchev–Trinajstić information content (AvgIpc) is 3.03. The van der Waals surface area contributed by atoms with Crippen LogP contribution in [0.15, 0.2) is 48.5 Å². The molecule has 31 heavy (non-hydrogen) atoms. The molecule has 0 spiro atoms. The smallest absolute Gasteiger partial charge is 0.407 e. The predicted octanol–water partition coefficient (Wildman–Crippen LogP) is 1.82. The molecule has 1 unspecified atom stereocenters. The molecule has 2 aromatic rings. The maximum Gasteiger partial charge on any atom is 0.407 e. The van der Waals surface area contributed by atoms with E-state index in [-0.39, 0.29) is 44.5 Å². The summed E-state index contributed by atoms with van der Waals surface area (Å²) in [5.41, 5.74) is 4.49. The summed E-state index contributed by atoms with van der Waals surface area (Å²) in [5.74, 6) is -1.86. The van der Waals surface area contributed by atoms with Gasteiger partial charge in [0.1, 0.15) is 6.61 Å². The first-order valence-corrected chi connectivity index (χ1v) is 10.2. The number of nitrogens with zero attached hydrogens (tertiary/aromatic N) is 1. The zero-order valence-corrected chi connectivity index (χ0v) is 16.9. The van der Waals surface area contributed by atoms with Crippen LogP contribution in [0.2, 0.25) is 0 Å². The van der Waals surface area contributed by atoms with Gasteiger partial charge in [0, 0.05) is 25.6 Å². The lowest BCUT2D eigenvalue weighted by Gasteiger charge is -2.37. The van der Waals surface area contributed by atoms with E-state index in [1.165, 1.54) is 4.90 Å². The first-order valence-electron chi connectivity index (χ1n) is 10.2. The van der Waals surface area contributed by atoms with Crippen LogP contribution in [-0.4, -0.2) is 65.4 Å². The van der Waals surface area contributed by atoms with Gasteiger partial charge >= 0.3 is 12.1 Å². The van der Waals surface area contributed by atoms with Gasteiger partial charge in [0.05, 0.1) is 18.4 Å². The number of rotatable bonds is 7. The molecule has 1 fully saturated rings. The number of aliphatic hydroxyl groups excluding tert-OH is 1. The Hall–Kier alpha value is -3.39. The van der Waals surface area contributed by atoms with Gasteiger partial charge in [-0.25, -0.2) is 4.79 Å². The second-order valence-corrected chi connectivity index (χ2v) is 7.90. The number of ether oxygens (including phenoxy) is 1. The van der Waals surface area contributed by atoms with Crippen molar-refractivity contribution < 1.29 is 29.3 Å². The number of carboxylic acid groups (broad SMARTS) is 1. The number of carboxylic acids is 1. The summed E-state index contributed by atoms with van der Waals surface area (Å²) in [5, 5.41) is 21.4. The molecular weight excluding hydrogens is 400 g/mol. The second-order valence-electron chi connectivity index (χ2n) is 7.90. The SMILES string of the molecule is O=C(NCC(O)CC(=O)N1CC(C(=O)O)C1)OCC1c2ccccc2-c2ccccc21. The van der Waals surface area contributed by atoms with Crippen LogP contribution in [-0.2, 0) is 14.3 Å². The average molecular weight is 424 g/mol. The Balaban J connectivity index is 1.24. The Morgan fingerprint density at radius 1 is 1.03 bits per heavy atom. The first kappa shape index (κ1) is 20.9. The third-order valence-corrected chi connectivity index (χ3v) is 5.82. The molecule has 0 radical (unpaired) electrons. The fourth-order valence-corrected chi connectivity index (χ4v) is 4.09. The van der Waals surface area contributed by atoms with Gasteiger partial charge < -0.3 is 25.2 Å². The van der Waals surface area contributed by atoms with E-state index in [1.807, 2.05) is 36.4 Å². The van der Waals surface area contributed by atoms with Crippen molar-refractivity contribution in [2.24, 2.45) is 5.92 Å². The number of aliphatic carboxylic acids is 1. The van der Waals surface area contributed by atoms with Crippen molar-refractivity contribution in [3.63, 3.8) is 0 Å². The Labute approximate surface area is 179 Å². The van der Waals surface area contributed by atoms with Crippen LogP contribution < -0.4 is 5.32 Å². The van der Waals surface area contributed by atoms with Gasteiger partial charge in [0.2, 0.25) is 5.91 Å². The zero-order chi connectivity index (χ0) is 22.0. The van der Waals surface area contributed by atoms with Crippen molar-refractivity contribution in [3.8, 4) is 11.1 Å². The van der Waals surface area contributed by atoms with E-state index >= 15 is 0 Å². The highest BCUT2D eigenvalue weighted by molar-refractivity contribution is 5.81. The third-order valence-electron chi connectivity index (χ3n) is 5.82. The van der Waals surface area contributed by atoms with Crippen LogP contribution in [0.1, 0.15) is 23.5 Å². The number of carbonyl (C=O) groups excluding carboxylic acids is 2. The van der Waals surface area contributed by atoms with E-state index in [0.29, 0.717) is 0 Å². The minimum absolute atomic E-state index is 0.0572. The monoisotopic (exact) mass is 424 g/mol. The summed E-state index contributed by atoms with van der Waals surface area (Å²) >= 11 is 0. The molecule has 0 aromatic heterocycles. The Morgan fingerprint density at radius 2 is 1.61 bits per heavy atom. The molecule has 3 N–H and O–H groups in total. The zero-order valence-electron chi connectivity index (χ0n) is 16.9. The van der Waals surface area contributed by atoms with Gasteiger partial charge in [-0.05, 0) is 22.3 Å². The lowest BCUT2D eigenvalue weighted by atomic mass is 9.98. The molecule has 1 aliphatic carbocycles. The summed E-state index contributed by atoms with van der Waals surface area (Å²) in [6, 6.07) is 16.1. The number of alkyl carbamates (subject to hydrolysis) is 1. The van der Waals surface area contributed by atoms with E-state index in [0.717, 1.165) is 22.3 Å². The minimum Gasteiger partial charge on any atom is -0.481 e. The molecular formula is C23H24N2O6. The van der Waals surface area contributed by atoms with Crippen LogP contribution in [0, 0.1) is 5.92 Å². The molecule has 2 amide bonds. The Bertz CT molecular complexity index is 956. The maximum atomic E-state index is 12.1. The number of fused-ring (bicyclic) bond motifs is 3. The van der Waals surface area contributed by atoms with Gasteiger partial charge in [-0.15, -0.1) is 0 Å². The number of carbonyl (C=O) groups is 3. The van der Waals surface area contributed by atoms with E-state index in [4.69, 9.17) is 9.84 Å². The van der Waals surface area contributed by atoms with Crippen molar-refractivity contribution in [2.45, 2.75) is 18.4 Å². The highest BCUT2D eigenvalue weighted by Crippen LogP contribution is 2.44. The summed E-state index contributed by atoms with van der Waals surface area (Å²) < 4.78 is 5.39. The molecule has 1 aliphatic heterocycles. The van der Waals surface area contributed by atoms with Crippen LogP contribution in [0.25, 0.3) is 11.1 Å². The molecule has 1 saturated heterocycles. The second kappa shape index (κ2) is 8.77. The molecule has 0 bridgehead atoms. The molecule has 2 aromatic carbocycles. The fraction of sp³-hybridized carbons (Fsp3) is 0.348. The molecule has 0 saturated carbocycles. The number of nitrogens with one attached hydrogen (secondary N) is 1. The maximum absolute atomic E-state index is 12.1. The van der Waals surface area contributed by atoms with Crippen LogP contribution in [0.4, 0.5) is 4.79 Å². The van der Waals surface area contributed by atoms with E-state index < -0.39 is 24.1 Å². The van der Waals surface area contributed by atoms with Crippen molar-refractivity contribution >= 4 is 18.0 Å². The largest absolute Gasteiger partial charge is 0.481 e. The Kier molecular flexibility index (Phi) is 5.90. The van der Waals surface area contributed by atoms with Gasteiger partial charge in [-0.1, -0.05) is 48.5 Å². The van der Waals surface area contributed by atoms with Crippen molar-refractivity contribution in [1.82, 2.24) is 10.2 Å². The summed E-state index contributed by atoms with van der Waals surface area (Å²) in [6.45, 7) is 0.346. The molecule has 162 valence electrons. The van der Waals surface area contributed by atoms with E-state index in [9.17, 15) is 19.5 Å². The molecule has 8 nitrogen and oxygen atoms in total. The highest BCUT2D eigenvalue weighted by Gasteiger charge is 2.36. The number of hydrogen-bond acceptors (Lipinski definition) is 5. The van der Waals surface area contributed by atoms with Gasteiger partial charge in [-0.3, -0.25) is 9.59 Å². The van der Waals surface area contributed by atoms with Crippen LogP contribution >= 0.6 is 0 Å². The topological polar surface area (TPSA) is 116 Å². The van der Waals surface area contributed by atoms with Crippen molar-refractivity contribution in [3.05, 3.63) is 59.7 Å².